The Morgan fingerprint density at radius 2 is 1.83 bits per heavy atom. The summed E-state index contributed by atoms with van der Waals surface area (Å²) in [5.41, 5.74) is 0. The summed E-state index contributed by atoms with van der Waals surface area (Å²) in [6.45, 7) is 2.64. The number of sulfonamides is 1. The van der Waals surface area contributed by atoms with Crippen LogP contribution in [-0.2, 0) is 10.0 Å². The molecule has 2 heterocycles. The zero-order valence-electron chi connectivity index (χ0n) is 14.1. The van der Waals surface area contributed by atoms with E-state index < -0.39 is 10.0 Å². The van der Waals surface area contributed by atoms with Gasteiger partial charge in [0, 0.05) is 16.3 Å². The van der Waals surface area contributed by atoms with Gasteiger partial charge in [-0.1, -0.05) is 12.8 Å². The molecule has 6 heteroatoms. The lowest BCUT2D eigenvalue weighted by molar-refractivity contribution is 0.333. The zero-order valence-corrected chi connectivity index (χ0v) is 15.7. The van der Waals surface area contributed by atoms with Gasteiger partial charge in [0.25, 0.3) is 0 Å². The number of rotatable bonds is 4. The second-order valence-corrected chi connectivity index (χ2v) is 9.31. The highest BCUT2D eigenvalue weighted by Gasteiger charge is 2.34. The third kappa shape index (κ3) is 3.50. The quantitative estimate of drug-likeness (QED) is 0.808. The molecule has 1 aliphatic heterocycles. The van der Waals surface area contributed by atoms with Gasteiger partial charge in [-0.25, -0.2) is 8.42 Å². The molecule has 1 unspecified atom stereocenters. The molecule has 1 atom stereocenters. The van der Waals surface area contributed by atoms with E-state index in [-0.39, 0.29) is 6.04 Å². The lowest BCUT2D eigenvalue weighted by atomic mass is 10.1. The van der Waals surface area contributed by atoms with E-state index >= 15 is 0 Å². The fourth-order valence-corrected chi connectivity index (χ4v) is 5.94. The molecular weight excluding hydrogens is 342 g/mol. The molecule has 1 aliphatic rings. The van der Waals surface area contributed by atoms with Gasteiger partial charge in [0.05, 0.1) is 18.0 Å². The van der Waals surface area contributed by atoms with E-state index in [4.69, 9.17) is 4.74 Å². The van der Waals surface area contributed by atoms with Crippen molar-refractivity contribution >= 4 is 21.4 Å². The van der Waals surface area contributed by atoms with Gasteiger partial charge in [0.2, 0.25) is 10.0 Å². The van der Waals surface area contributed by atoms with Gasteiger partial charge >= 0.3 is 0 Å². The lowest BCUT2D eigenvalue weighted by Crippen LogP contribution is -2.34. The molecule has 24 heavy (non-hydrogen) atoms. The molecule has 4 nitrogen and oxygen atoms in total. The van der Waals surface area contributed by atoms with Crippen LogP contribution in [0.1, 0.15) is 41.5 Å². The zero-order chi connectivity index (χ0) is 17.2. The summed E-state index contributed by atoms with van der Waals surface area (Å²) in [6.07, 6.45) is 3.94. The summed E-state index contributed by atoms with van der Waals surface area (Å²) >= 11 is 1.70. The molecule has 1 fully saturated rings. The summed E-state index contributed by atoms with van der Waals surface area (Å²) < 4.78 is 33.3. The van der Waals surface area contributed by atoms with Gasteiger partial charge in [-0.05, 0) is 56.2 Å². The molecular formula is C18H23NO3S2. The molecule has 1 aromatic heterocycles. The van der Waals surface area contributed by atoms with E-state index in [1.54, 1.807) is 47.0 Å². The van der Waals surface area contributed by atoms with Crippen LogP contribution < -0.4 is 4.74 Å². The maximum Gasteiger partial charge on any atom is 0.243 e. The van der Waals surface area contributed by atoms with Crippen molar-refractivity contribution in [3.8, 4) is 5.75 Å². The molecule has 0 aliphatic carbocycles. The number of benzene rings is 1. The number of thiophene rings is 1. The SMILES string of the molecule is COc1ccc(S(=O)(=O)N2CCCCCC2c2ccc(C)s2)cc1. The number of methoxy groups -OCH3 is 1. The smallest absolute Gasteiger partial charge is 0.243 e. The molecule has 0 bridgehead atoms. The van der Waals surface area contributed by atoms with Crippen LogP contribution in [0.15, 0.2) is 41.3 Å². The minimum absolute atomic E-state index is 0.0571. The van der Waals surface area contributed by atoms with Crippen LogP contribution in [0.3, 0.4) is 0 Å². The maximum absolute atomic E-state index is 13.2. The van der Waals surface area contributed by atoms with Gasteiger partial charge in [-0.3, -0.25) is 0 Å². The van der Waals surface area contributed by atoms with E-state index in [0.29, 0.717) is 17.2 Å². The number of ether oxygens (including phenoxy) is 1. The summed E-state index contributed by atoms with van der Waals surface area (Å²) in [7, 11) is -1.94. The van der Waals surface area contributed by atoms with Crippen LogP contribution in [-0.4, -0.2) is 26.4 Å². The monoisotopic (exact) mass is 365 g/mol. The summed E-state index contributed by atoms with van der Waals surface area (Å²) in [6, 6.07) is 10.8. The van der Waals surface area contributed by atoms with E-state index in [1.165, 1.54) is 4.88 Å². The predicted octanol–water partition coefficient (Wildman–Crippen LogP) is 4.37. The van der Waals surface area contributed by atoms with Crippen molar-refractivity contribution in [3.05, 3.63) is 46.2 Å². The van der Waals surface area contributed by atoms with Crippen LogP contribution in [0.25, 0.3) is 0 Å². The van der Waals surface area contributed by atoms with Crippen molar-refractivity contribution < 1.29 is 13.2 Å². The molecule has 0 saturated carbocycles. The predicted molar refractivity (Wildman–Crippen MR) is 97.2 cm³/mol. The number of hydrogen-bond acceptors (Lipinski definition) is 4. The first-order valence-electron chi connectivity index (χ1n) is 8.24. The first-order chi connectivity index (χ1) is 11.5. The molecule has 1 aromatic carbocycles. The highest BCUT2D eigenvalue weighted by molar-refractivity contribution is 7.89. The van der Waals surface area contributed by atoms with Gasteiger partial charge in [-0.15, -0.1) is 11.3 Å². The van der Waals surface area contributed by atoms with E-state index in [0.717, 1.165) is 30.6 Å². The van der Waals surface area contributed by atoms with Crippen LogP contribution in [0.2, 0.25) is 0 Å². The Morgan fingerprint density at radius 3 is 2.46 bits per heavy atom. The average molecular weight is 366 g/mol. The molecule has 1 saturated heterocycles. The van der Waals surface area contributed by atoms with Gasteiger partial charge < -0.3 is 4.74 Å². The Morgan fingerprint density at radius 1 is 1.08 bits per heavy atom. The Hall–Kier alpha value is -1.37. The molecule has 0 radical (unpaired) electrons. The van der Waals surface area contributed by atoms with E-state index in [9.17, 15) is 8.42 Å². The normalized spacial score (nSPS) is 19.8. The van der Waals surface area contributed by atoms with Crippen LogP contribution >= 0.6 is 11.3 Å². The molecule has 130 valence electrons. The van der Waals surface area contributed by atoms with Crippen molar-refractivity contribution in [2.45, 2.75) is 43.5 Å². The first-order valence-corrected chi connectivity index (χ1v) is 10.5. The second-order valence-electron chi connectivity index (χ2n) is 6.10. The molecule has 0 spiro atoms. The van der Waals surface area contributed by atoms with Crippen LogP contribution in [0.4, 0.5) is 0 Å². The van der Waals surface area contributed by atoms with Gasteiger partial charge in [0.1, 0.15) is 5.75 Å². The Balaban J connectivity index is 1.97. The first kappa shape index (κ1) is 17.5. The fourth-order valence-electron chi connectivity index (χ4n) is 3.17. The van der Waals surface area contributed by atoms with Gasteiger partial charge in [-0.2, -0.15) is 4.31 Å². The standard InChI is InChI=1S/C18H23NO3S2/c1-14-7-12-18(23-14)17-6-4-3-5-13-19(17)24(20,21)16-10-8-15(22-2)9-11-16/h7-12,17H,3-6,13H2,1-2H3. The Bertz CT molecular complexity index is 781. The third-order valence-corrected chi connectivity index (χ3v) is 7.48. The van der Waals surface area contributed by atoms with Crippen LogP contribution in [0, 0.1) is 6.92 Å². The average Bonchev–Trinajstić information content (AvgIpc) is 2.86. The molecule has 0 amide bonds. The Labute approximate surface area is 148 Å². The minimum atomic E-state index is -3.51. The van der Waals surface area contributed by atoms with Crippen molar-refractivity contribution in [2.24, 2.45) is 0 Å². The highest BCUT2D eigenvalue weighted by atomic mass is 32.2. The van der Waals surface area contributed by atoms with Gasteiger partial charge in [0.15, 0.2) is 0 Å². The number of nitrogens with zero attached hydrogens (tertiary/aromatic N) is 1. The summed E-state index contributed by atoms with van der Waals surface area (Å²) in [5, 5.41) is 0. The Kier molecular flexibility index (Phi) is 5.27. The van der Waals surface area contributed by atoms with Crippen LogP contribution in [0.5, 0.6) is 5.75 Å². The number of hydrogen-bond donors (Lipinski definition) is 0. The molecule has 2 aromatic rings. The van der Waals surface area contributed by atoms with E-state index in [1.807, 2.05) is 0 Å². The topological polar surface area (TPSA) is 46.6 Å². The second kappa shape index (κ2) is 7.25. The largest absolute Gasteiger partial charge is 0.497 e. The third-order valence-electron chi connectivity index (χ3n) is 4.46. The van der Waals surface area contributed by atoms with E-state index in [2.05, 4.69) is 19.1 Å². The maximum atomic E-state index is 13.2. The lowest BCUT2D eigenvalue weighted by Gasteiger charge is -2.28. The molecule has 0 N–H and O–H groups in total. The van der Waals surface area contributed by atoms with Crippen molar-refractivity contribution in [1.29, 1.82) is 0 Å². The fraction of sp³-hybridized carbons (Fsp3) is 0.444. The van der Waals surface area contributed by atoms with Crippen molar-refractivity contribution in [1.82, 2.24) is 4.31 Å². The molecule has 3 rings (SSSR count). The summed E-state index contributed by atoms with van der Waals surface area (Å²) in [5.74, 6) is 0.662. The highest BCUT2D eigenvalue weighted by Crippen LogP contribution is 2.37. The summed E-state index contributed by atoms with van der Waals surface area (Å²) in [4.78, 5) is 2.70. The minimum Gasteiger partial charge on any atom is -0.497 e. The number of aryl methyl sites for hydroxylation is 1. The van der Waals surface area contributed by atoms with Crippen molar-refractivity contribution in [3.63, 3.8) is 0 Å². The van der Waals surface area contributed by atoms with Crippen molar-refractivity contribution in [2.75, 3.05) is 13.7 Å².